The number of hydrogen-bond donors (Lipinski definition) is 1. The van der Waals surface area contributed by atoms with Gasteiger partial charge in [-0.3, -0.25) is 4.79 Å². The Hall–Kier alpha value is -1.74. The van der Waals surface area contributed by atoms with Crippen LogP contribution in [0.3, 0.4) is 0 Å². The first kappa shape index (κ1) is 22.0. The second-order valence-electron chi connectivity index (χ2n) is 5.88. The quantitative estimate of drug-likeness (QED) is 0.391. The predicted molar refractivity (Wildman–Crippen MR) is 120 cm³/mol. The van der Waals surface area contributed by atoms with Crippen molar-refractivity contribution in [3.63, 3.8) is 0 Å². The van der Waals surface area contributed by atoms with Crippen LogP contribution in [0.2, 0.25) is 10.0 Å². The van der Waals surface area contributed by atoms with Gasteiger partial charge in [0.25, 0.3) is 0 Å². The van der Waals surface area contributed by atoms with Gasteiger partial charge in [0.1, 0.15) is 12.4 Å². The Bertz CT molecular complexity index is 978. The minimum Gasteiger partial charge on any atom is -0.486 e. The number of anilines is 1. The molecule has 10 heteroatoms. The first-order valence-corrected chi connectivity index (χ1v) is 11.2. The van der Waals surface area contributed by atoms with E-state index in [1.54, 1.807) is 18.2 Å². The maximum atomic E-state index is 12.2. The molecule has 0 aliphatic heterocycles. The standard InChI is InChI=1S/C19H17BrCl2N4O2S/c1-2-26-17(10-28-16-5-3-12(20)4-6-16)24-25-19(26)29-11-18(27)23-15-8-13(21)7-14(22)9-15/h3-9H,2,10-11H2,1H3,(H,23,27). The van der Waals surface area contributed by atoms with E-state index in [2.05, 4.69) is 31.4 Å². The minimum atomic E-state index is -0.188. The lowest BCUT2D eigenvalue weighted by Gasteiger charge is -2.09. The van der Waals surface area contributed by atoms with Gasteiger partial charge in [0.05, 0.1) is 5.75 Å². The van der Waals surface area contributed by atoms with Crippen molar-refractivity contribution in [3.05, 3.63) is 62.8 Å². The second kappa shape index (κ2) is 10.3. The zero-order valence-electron chi connectivity index (χ0n) is 15.4. The third-order valence-corrected chi connectivity index (χ3v) is 5.70. The van der Waals surface area contributed by atoms with E-state index >= 15 is 0 Å². The summed E-state index contributed by atoms with van der Waals surface area (Å²) in [5, 5.41) is 12.7. The van der Waals surface area contributed by atoms with Gasteiger partial charge in [-0.1, -0.05) is 50.9 Å². The highest BCUT2D eigenvalue weighted by Crippen LogP contribution is 2.24. The molecule has 6 nitrogen and oxygen atoms in total. The summed E-state index contributed by atoms with van der Waals surface area (Å²) in [6, 6.07) is 12.5. The van der Waals surface area contributed by atoms with Crippen LogP contribution >= 0.6 is 50.9 Å². The van der Waals surface area contributed by atoms with E-state index in [0.29, 0.717) is 33.3 Å². The van der Waals surface area contributed by atoms with Crippen molar-refractivity contribution in [3.8, 4) is 5.75 Å². The fourth-order valence-electron chi connectivity index (χ4n) is 2.48. The van der Waals surface area contributed by atoms with Gasteiger partial charge >= 0.3 is 0 Å². The van der Waals surface area contributed by atoms with Crippen molar-refractivity contribution in [1.82, 2.24) is 14.8 Å². The van der Waals surface area contributed by atoms with Crippen molar-refractivity contribution in [2.45, 2.75) is 25.2 Å². The molecule has 0 spiro atoms. The summed E-state index contributed by atoms with van der Waals surface area (Å²) in [5.74, 6) is 1.43. The molecule has 0 radical (unpaired) electrons. The molecule has 0 bridgehead atoms. The molecular formula is C19H17BrCl2N4O2S. The van der Waals surface area contributed by atoms with Crippen LogP contribution in [0.1, 0.15) is 12.7 Å². The molecule has 0 unspecified atom stereocenters. The van der Waals surface area contributed by atoms with Crippen molar-refractivity contribution >= 4 is 62.5 Å². The Morgan fingerprint density at radius 2 is 1.86 bits per heavy atom. The number of carbonyl (C=O) groups excluding carboxylic acids is 1. The molecule has 3 aromatic rings. The number of nitrogens with zero attached hydrogens (tertiary/aromatic N) is 3. The van der Waals surface area contributed by atoms with Crippen LogP contribution in [0.25, 0.3) is 0 Å². The smallest absolute Gasteiger partial charge is 0.234 e. The molecule has 0 fully saturated rings. The number of aromatic nitrogens is 3. The lowest BCUT2D eigenvalue weighted by molar-refractivity contribution is -0.113. The molecule has 1 amide bonds. The number of hydrogen-bond acceptors (Lipinski definition) is 5. The van der Waals surface area contributed by atoms with E-state index in [4.69, 9.17) is 27.9 Å². The molecule has 3 rings (SSSR count). The fraction of sp³-hybridized carbons (Fsp3) is 0.211. The van der Waals surface area contributed by atoms with Gasteiger partial charge in [-0.15, -0.1) is 10.2 Å². The molecule has 0 aliphatic carbocycles. The van der Waals surface area contributed by atoms with Crippen LogP contribution in [0.5, 0.6) is 5.75 Å². The van der Waals surface area contributed by atoms with Crippen LogP contribution in [-0.4, -0.2) is 26.4 Å². The minimum absolute atomic E-state index is 0.176. The van der Waals surface area contributed by atoms with Gasteiger partial charge in [0.15, 0.2) is 11.0 Å². The van der Waals surface area contributed by atoms with Gasteiger partial charge in [-0.25, -0.2) is 0 Å². The van der Waals surface area contributed by atoms with E-state index in [-0.39, 0.29) is 18.3 Å². The van der Waals surface area contributed by atoms with Crippen molar-refractivity contribution in [1.29, 1.82) is 0 Å². The molecule has 0 atom stereocenters. The number of carbonyl (C=O) groups is 1. The average molecular weight is 516 g/mol. The van der Waals surface area contributed by atoms with Gasteiger partial charge in [0.2, 0.25) is 5.91 Å². The average Bonchev–Trinajstić information content (AvgIpc) is 3.07. The van der Waals surface area contributed by atoms with Crippen LogP contribution in [0.4, 0.5) is 5.69 Å². The Morgan fingerprint density at radius 1 is 1.17 bits per heavy atom. The largest absolute Gasteiger partial charge is 0.486 e. The van der Waals surface area contributed by atoms with Crippen LogP contribution in [-0.2, 0) is 17.9 Å². The molecule has 0 saturated carbocycles. The molecule has 0 aliphatic rings. The SMILES string of the molecule is CCn1c(COc2ccc(Br)cc2)nnc1SCC(=O)Nc1cc(Cl)cc(Cl)c1. The Morgan fingerprint density at radius 3 is 2.52 bits per heavy atom. The summed E-state index contributed by atoms with van der Waals surface area (Å²) < 4.78 is 8.68. The number of ether oxygens (including phenoxy) is 1. The molecular weight excluding hydrogens is 499 g/mol. The fourth-order valence-corrected chi connectivity index (χ4v) is 4.09. The van der Waals surface area contributed by atoms with Crippen LogP contribution in [0, 0.1) is 0 Å². The molecule has 2 aromatic carbocycles. The van der Waals surface area contributed by atoms with E-state index < -0.39 is 0 Å². The van der Waals surface area contributed by atoms with Gasteiger partial charge in [0, 0.05) is 26.8 Å². The number of amides is 1. The summed E-state index contributed by atoms with van der Waals surface area (Å²) in [4.78, 5) is 12.2. The summed E-state index contributed by atoms with van der Waals surface area (Å²) in [5.41, 5.74) is 0.550. The number of nitrogens with one attached hydrogen (secondary N) is 1. The van der Waals surface area contributed by atoms with Crippen molar-refractivity contribution in [2.75, 3.05) is 11.1 Å². The van der Waals surface area contributed by atoms with Crippen molar-refractivity contribution < 1.29 is 9.53 Å². The lowest BCUT2D eigenvalue weighted by atomic mass is 10.3. The van der Waals surface area contributed by atoms with E-state index in [9.17, 15) is 4.79 Å². The van der Waals surface area contributed by atoms with E-state index in [1.807, 2.05) is 35.8 Å². The Labute approximate surface area is 191 Å². The van der Waals surface area contributed by atoms with Crippen LogP contribution < -0.4 is 10.1 Å². The van der Waals surface area contributed by atoms with E-state index in [0.717, 1.165) is 10.2 Å². The monoisotopic (exact) mass is 514 g/mol. The third kappa shape index (κ3) is 6.37. The molecule has 1 heterocycles. The summed E-state index contributed by atoms with van der Waals surface area (Å²) in [6.45, 7) is 2.95. The number of benzene rings is 2. The first-order valence-electron chi connectivity index (χ1n) is 8.63. The first-order chi connectivity index (χ1) is 13.9. The highest BCUT2D eigenvalue weighted by Gasteiger charge is 2.14. The number of rotatable bonds is 8. The van der Waals surface area contributed by atoms with Gasteiger partial charge in [-0.2, -0.15) is 0 Å². The maximum Gasteiger partial charge on any atom is 0.234 e. The topological polar surface area (TPSA) is 69.0 Å². The Balaban J connectivity index is 1.58. The maximum absolute atomic E-state index is 12.2. The highest BCUT2D eigenvalue weighted by molar-refractivity contribution is 9.10. The highest BCUT2D eigenvalue weighted by atomic mass is 79.9. The normalized spacial score (nSPS) is 10.8. The van der Waals surface area contributed by atoms with Gasteiger partial charge in [-0.05, 0) is 49.4 Å². The second-order valence-corrected chi connectivity index (χ2v) is 8.61. The molecule has 1 N–H and O–H groups in total. The van der Waals surface area contributed by atoms with Crippen LogP contribution in [0.15, 0.2) is 52.1 Å². The number of thioether (sulfide) groups is 1. The lowest BCUT2D eigenvalue weighted by Crippen LogP contribution is -2.15. The third-order valence-electron chi connectivity index (χ3n) is 3.77. The Kier molecular flexibility index (Phi) is 7.83. The van der Waals surface area contributed by atoms with Crippen molar-refractivity contribution in [2.24, 2.45) is 0 Å². The molecule has 1 aromatic heterocycles. The zero-order valence-corrected chi connectivity index (χ0v) is 19.3. The number of halogens is 3. The molecule has 152 valence electrons. The van der Waals surface area contributed by atoms with Gasteiger partial charge < -0.3 is 14.6 Å². The summed E-state index contributed by atoms with van der Waals surface area (Å²) in [7, 11) is 0. The molecule has 29 heavy (non-hydrogen) atoms. The van der Waals surface area contributed by atoms with E-state index in [1.165, 1.54) is 11.8 Å². The molecule has 0 saturated heterocycles. The zero-order chi connectivity index (χ0) is 20.8. The summed E-state index contributed by atoms with van der Waals surface area (Å²) in [6.07, 6.45) is 0. The summed E-state index contributed by atoms with van der Waals surface area (Å²) >= 11 is 16.6. The predicted octanol–water partition coefficient (Wildman–Crippen LogP) is 5.68.